The van der Waals surface area contributed by atoms with Crippen LogP contribution in [-0.2, 0) is 4.79 Å². The third-order valence-electron chi connectivity index (χ3n) is 3.99. The molecule has 0 aromatic carbocycles. The molecule has 0 aliphatic rings. The summed E-state index contributed by atoms with van der Waals surface area (Å²) in [7, 11) is -2.61. The van der Waals surface area contributed by atoms with Crippen LogP contribution in [-0.4, -0.2) is 29.2 Å². The van der Waals surface area contributed by atoms with Gasteiger partial charge >= 0.3 is 14.5 Å². The zero-order chi connectivity index (χ0) is 19.4. The lowest BCUT2D eigenvalue weighted by Gasteiger charge is -2.03. The van der Waals surface area contributed by atoms with Crippen LogP contribution in [0.5, 0.6) is 0 Å². The molecule has 0 spiro atoms. The second-order valence-electron chi connectivity index (χ2n) is 7.59. The highest BCUT2D eigenvalue weighted by Gasteiger charge is 2.08. The quantitative estimate of drug-likeness (QED) is 0.228. The van der Waals surface area contributed by atoms with Gasteiger partial charge in [0.15, 0.2) is 0 Å². The fraction of sp³-hybridized carbons (Fsp3) is 0.950. The summed E-state index contributed by atoms with van der Waals surface area (Å²) < 4.78 is 0. The predicted molar refractivity (Wildman–Crippen MR) is 109 cm³/mol. The van der Waals surface area contributed by atoms with Crippen molar-refractivity contribution in [1.82, 2.24) is 0 Å². The van der Waals surface area contributed by atoms with Gasteiger partial charge in [0.1, 0.15) is 0 Å². The maximum absolute atomic E-state index is 10.3. The van der Waals surface area contributed by atoms with E-state index in [-0.39, 0.29) is 0 Å². The summed E-state index contributed by atoms with van der Waals surface area (Å²) in [6.45, 7) is 5.15. The Labute approximate surface area is 157 Å². The fourth-order valence-corrected chi connectivity index (χ4v) is 2.65. The van der Waals surface area contributed by atoms with Crippen LogP contribution in [0.1, 0.15) is 110 Å². The van der Waals surface area contributed by atoms with Crippen molar-refractivity contribution in [2.45, 2.75) is 123 Å². The summed E-state index contributed by atoms with van der Waals surface area (Å²) in [5.74, 6) is -0.653. The topological polar surface area (TPSA) is 77.8 Å². The number of carboxylic acid groups (broad SMARTS) is 1. The third-order valence-corrected chi connectivity index (χ3v) is 3.99. The molecule has 0 fully saturated rings. The summed E-state index contributed by atoms with van der Waals surface area (Å²) in [6.07, 6.45) is 20.2. The van der Waals surface area contributed by atoms with Gasteiger partial charge < -0.3 is 14.7 Å². The molecule has 5 heteroatoms. The number of hydrogen-bond acceptors (Lipinski definition) is 3. The van der Waals surface area contributed by atoms with Crippen molar-refractivity contribution < 1.29 is 19.5 Å². The van der Waals surface area contributed by atoms with Gasteiger partial charge in [-0.1, -0.05) is 96.8 Å². The van der Waals surface area contributed by atoms with Crippen molar-refractivity contribution in [2.75, 3.05) is 0 Å². The molecule has 0 rings (SSSR count). The average Bonchev–Trinajstić information content (AvgIpc) is 2.49. The molecule has 0 amide bonds. The first kappa shape index (κ1) is 26.8. The lowest BCUT2D eigenvalue weighted by molar-refractivity contribution is -0.137. The first-order chi connectivity index (χ1) is 11.8. The van der Waals surface area contributed by atoms with Gasteiger partial charge in [0, 0.05) is 6.42 Å². The number of carboxylic acids is 1. The molecular formula is C20H44O4Si. The van der Waals surface area contributed by atoms with Crippen LogP contribution in [0.25, 0.3) is 0 Å². The van der Waals surface area contributed by atoms with Gasteiger partial charge in [-0.3, -0.25) is 4.79 Å². The Bertz CT molecular complexity index is 271. The zero-order valence-corrected chi connectivity index (χ0v) is 18.1. The average molecular weight is 377 g/mol. The van der Waals surface area contributed by atoms with E-state index in [1.165, 1.54) is 96.6 Å². The highest BCUT2D eigenvalue weighted by atomic mass is 28.4. The number of rotatable bonds is 16. The third kappa shape index (κ3) is 40.0. The van der Waals surface area contributed by atoms with E-state index in [1.54, 1.807) is 0 Å². The van der Waals surface area contributed by atoms with Crippen LogP contribution in [0.2, 0.25) is 13.1 Å². The van der Waals surface area contributed by atoms with E-state index < -0.39 is 14.5 Å². The zero-order valence-electron chi connectivity index (χ0n) is 17.1. The minimum Gasteiger partial charge on any atom is -0.481 e. The largest absolute Gasteiger partial charge is 0.481 e. The van der Waals surface area contributed by atoms with E-state index in [2.05, 4.69) is 6.92 Å². The van der Waals surface area contributed by atoms with Gasteiger partial charge in [-0.2, -0.15) is 0 Å². The van der Waals surface area contributed by atoms with Crippen molar-refractivity contribution in [3.05, 3.63) is 0 Å². The number of carbonyl (C=O) groups is 1. The van der Waals surface area contributed by atoms with Gasteiger partial charge in [-0.25, -0.2) is 0 Å². The maximum Gasteiger partial charge on any atom is 0.326 e. The number of hydrogen-bond donors (Lipinski definition) is 3. The van der Waals surface area contributed by atoms with Gasteiger partial charge in [0.05, 0.1) is 0 Å². The summed E-state index contributed by atoms with van der Waals surface area (Å²) in [6, 6.07) is 0. The van der Waals surface area contributed by atoms with Crippen molar-refractivity contribution in [3.63, 3.8) is 0 Å². The minimum absolute atomic E-state index is 0.345. The van der Waals surface area contributed by atoms with E-state index >= 15 is 0 Å². The van der Waals surface area contributed by atoms with E-state index in [0.29, 0.717) is 6.42 Å². The first-order valence-corrected chi connectivity index (χ1v) is 13.3. The molecule has 152 valence electrons. The van der Waals surface area contributed by atoms with Gasteiger partial charge in [0.2, 0.25) is 0 Å². The molecule has 0 radical (unpaired) electrons. The second kappa shape index (κ2) is 19.9. The predicted octanol–water partition coefficient (Wildman–Crippen LogP) is 6.01. The Morgan fingerprint density at radius 1 is 0.640 bits per heavy atom. The van der Waals surface area contributed by atoms with E-state index in [9.17, 15) is 4.79 Å². The molecule has 0 aliphatic heterocycles. The lowest BCUT2D eigenvalue weighted by atomic mass is 10.0. The van der Waals surface area contributed by atoms with Gasteiger partial charge in [-0.05, 0) is 19.5 Å². The minimum atomic E-state index is -2.61. The summed E-state index contributed by atoms with van der Waals surface area (Å²) in [5, 5.41) is 8.52. The van der Waals surface area contributed by atoms with Crippen molar-refractivity contribution in [1.29, 1.82) is 0 Å². The summed E-state index contributed by atoms with van der Waals surface area (Å²) >= 11 is 0. The first-order valence-electron chi connectivity index (χ1n) is 10.4. The smallest absolute Gasteiger partial charge is 0.326 e. The SMILES string of the molecule is CCCCCCCCCCCCCCCCCC(=O)O.C[Si](C)(O)O. The molecule has 3 N–H and O–H groups in total. The molecule has 0 saturated carbocycles. The Morgan fingerprint density at radius 2 is 0.880 bits per heavy atom. The maximum atomic E-state index is 10.3. The van der Waals surface area contributed by atoms with Crippen LogP contribution < -0.4 is 0 Å². The molecule has 0 unspecified atom stereocenters. The molecule has 0 aromatic heterocycles. The van der Waals surface area contributed by atoms with Crippen LogP contribution in [0.4, 0.5) is 0 Å². The molecular weight excluding hydrogens is 332 g/mol. The highest BCUT2D eigenvalue weighted by Crippen LogP contribution is 2.13. The normalized spacial score (nSPS) is 11.1. The monoisotopic (exact) mass is 376 g/mol. The molecule has 25 heavy (non-hydrogen) atoms. The highest BCUT2D eigenvalue weighted by molar-refractivity contribution is 6.61. The molecule has 0 bridgehead atoms. The van der Waals surface area contributed by atoms with Crippen molar-refractivity contribution >= 4 is 14.5 Å². The standard InChI is InChI=1S/C18H36O2.C2H8O2Si/c1-2-3-4-5-6-7-8-9-10-11-12-13-14-15-16-17-18(19)20;1-5(2,3)4/h2-17H2,1H3,(H,19,20);3-4H,1-2H3. The van der Waals surface area contributed by atoms with Crippen LogP contribution in [0.15, 0.2) is 0 Å². The van der Waals surface area contributed by atoms with E-state index in [1.807, 2.05) is 0 Å². The Hall–Kier alpha value is -0.393. The molecule has 0 atom stereocenters. The Balaban J connectivity index is 0. The summed E-state index contributed by atoms with van der Waals surface area (Å²) in [4.78, 5) is 26.8. The Kier molecular flexibility index (Phi) is 21.4. The fourth-order valence-electron chi connectivity index (χ4n) is 2.65. The van der Waals surface area contributed by atoms with Crippen molar-refractivity contribution in [2.24, 2.45) is 0 Å². The summed E-state index contributed by atoms with van der Waals surface area (Å²) in [5.41, 5.74) is 0. The molecule has 4 nitrogen and oxygen atoms in total. The van der Waals surface area contributed by atoms with Crippen LogP contribution in [0, 0.1) is 0 Å². The van der Waals surface area contributed by atoms with E-state index in [0.717, 1.165) is 12.8 Å². The molecule has 0 aliphatic carbocycles. The molecule has 0 saturated heterocycles. The van der Waals surface area contributed by atoms with Gasteiger partial charge in [0.25, 0.3) is 0 Å². The lowest BCUT2D eigenvalue weighted by Crippen LogP contribution is -2.23. The number of aliphatic carboxylic acids is 1. The van der Waals surface area contributed by atoms with Gasteiger partial charge in [-0.15, -0.1) is 0 Å². The molecule has 0 aromatic rings. The second-order valence-corrected chi connectivity index (χ2v) is 10.6. The van der Waals surface area contributed by atoms with Crippen LogP contribution in [0.3, 0.4) is 0 Å². The number of unbranched alkanes of at least 4 members (excludes halogenated alkanes) is 14. The Morgan fingerprint density at radius 3 is 1.12 bits per heavy atom. The van der Waals surface area contributed by atoms with Crippen LogP contribution >= 0.6 is 0 Å². The van der Waals surface area contributed by atoms with Crippen molar-refractivity contribution in [3.8, 4) is 0 Å². The van der Waals surface area contributed by atoms with E-state index in [4.69, 9.17) is 14.7 Å². The molecule has 0 heterocycles.